The molecule has 142 valence electrons. The molecule has 1 aromatic heterocycles. The van der Waals surface area contributed by atoms with Gasteiger partial charge in [-0.25, -0.2) is 4.98 Å². The van der Waals surface area contributed by atoms with Gasteiger partial charge in [0.05, 0.1) is 4.92 Å². The summed E-state index contributed by atoms with van der Waals surface area (Å²) in [5.41, 5.74) is 2.50. The molecule has 1 saturated heterocycles. The highest BCUT2D eigenvalue weighted by molar-refractivity contribution is 7.13. The van der Waals surface area contributed by atoms with Crippen molar-refractivity contribution in [1.29, 1.82) is 0 Å². The summed E-state index contributed by atoms with van der Waals surface area (Å²) in [6.45, 7) is 2.54. The van der Waals surface area contributed by atoms with E-state index in [1.54, 1.807) is 12.1 Å². The number of non-ortho nitro benzene ring substituents is 1. The molecule has 2 aromatic carbocycles. The Balaban J connectivity index is 1.39. The molecule has 0 N–H and O–H groups in total. The Labute approximate surface area is 166 Å². The molecule has 0 bridgehead atoms. The van der Waals surface area contributed by atoms with Crippen LogP contribution >= 0.6 is 11.3 Å². The monoisotopic (exact) mass is 394 g/mol. The number of hydrogen-bond acceptors (Lipinski definition) is 6. The second-order valence-electron chi connectivity index (χ2n) is 6.46. The van der Waals surface area contributed by atoms with Gasteiger partial charge in [-0.15, -0.1) is 11.3 Å². The molecular weight excluding hydrogens is 376 g/mol. The second-order valence-corrected chi connectivity index (χ2v) is 7.31. The molecule has 28 heavy (non-hydrogen) atoms. The summed E-state index contributed by atoms with van der Waals surface area (Å²) in [5, 5.41) is 13.4. The SMILES string of the molecule is O=C(c1csc(-c2ccccc2)n1)N1CCN(c2ccc([N+](=O)[O-])cc2)CC1. The van der Waals surface area contributed by atoms with Crippen molar-refractivity contribution >= 4 is 28.6 Å². The smallest absolute Gasteiger partial charge is 0.273 e. The largest absolute Gasteiger partial charge is 0.368 e. The molecule has 0 saturated carbocycles. The Hall–Kier alpha value is -3.26. The lowest BCUT2D eigenvalue weighted by molar-refractivity contribution is -0.384. The maximum atomic E-state index is 12.8. The Kier molecular flexibility index (Phi) is 5.03. The highest BCUT2D eigenvalue weighted by atomic mass is 32.1. The minimum absolute atomic E-state index is 0.0539. The van der Waals surface area contributed by atoms with Crippen molar-refractivity contribution in [3.63, 3.8) is 0 Å². The standard InChI is InChI=1S/C20H18N4O3S/c25-20(18-14-28-19(21-18)15-4-2-1-3-5-15)23-12-10-22(11-13-23)16-6-8-17(9-7-16)24(26)27/h1-9,14H,10-13H2. The van der Waals surface area contributed by atoms with E-state index in [0.29, 0.717) is 31.9 Å². The molecule has 1 fully saturated rings. The van der Waals surface area contributed by atoms with E-state index in [4.69, 9.17) is 0 Å². The van der Waals surface area contributed by atoms with Gasteiger partial charge >= 0.3 is 0 Å². The molecule has 4 rings (SSSR count). The van der Waals surface area contributed by atoms with Crippen LogP contribution in [0.5, 0.6) is 0 Å². The van der Waals surface area contributed by atoms with E-state index in [2.05, 4.69) is 9.88 Å². The molecule has 0 aliphatic carbocycles. The van der Waals surface area contributed by atoms with E-state index in [-0.39, 0.29) is 11.6 Å². The molecule has 1 aliphatic rings. The van der Waals surface area contributed by atoms with Crippen molar-refractivity contribution in [1.82, 2.24) is 9.88 Å². The predicted octanol–water partition coefficient (Wildman–Crippen LogP) is 3.68. The molecule has 0 unspecified atom stereocenters. The zero-order valence-electron chi connectivity index (χ0n) is 15.0. The Morgan fingerprint density at radius 1 is 1.00 bits per heavy atom. The van der Waals surface area contributed by atoms with Crippen molar-refractivity contribution in [2.75, 3.05) is 31.1 Å². The van der Waals surface area contributed by atoms with Crippen LogP contribution in [0.4, 0.5) is 11.4 Å². The molecule has 0 radical (unpaired) electrons. The second kappa shape index (κ2) is 7.77. The third kappa shape index (κ3) is 3.72. The fraction of sp³-hybridized carbons (Fsp3) is 0.200. The van der Waals surface area contributed by atoms with Gasteiger partial charge in [0.1, 0.15) is 10.7 Å². The molecule has 8 heteroatoms. The maximum Gasteiger partial charge on any atom is 0.273 e. The van der Waals surface area contributed by atoms with Crippen LogP contribution in [0, 0.1) is 10.1 Å². The summed E-state index contributed by atoms with van der Waals surface area (Å²) in [6.07, 6.45) is 0. The normalized spacial score (nSPS) is 14.1. The molecule has 1 aliphatic heterocycles. The predicted molar refractivity (Wildman–Crippen MR) is 109 cm³/mol. The first kappa shape index (κ1) is 18.1. The van der Waals surface area contributed by atoms with Gasteiger partial charge in [0.25, 0.3) is 11.6 Å². The van der Waals surface area contributed by atoms with Crippen molar-refractivity contribution < 1.29 is 9.72 Å². The summed E-state index contributed by atoms with van der Waals surface area (Å²) < 4.78 is 0. The fourth-order valence-electron chi connectivity index (χ4n) is 3.20. The van der Waals surface area contributed by atoms with Crippen molar-refractivity contribution in [3.8, 4) is 10.6 Å². The molecule has 0 spiro atoms. The van der Waals surface area contributed by atoms with Gasteiger partial charge in [0, 0.05) is 54.9 Å². The van der Waals surface area contributed by atoms with E-state index < -0.39 is 4.92 Å². The van der Waals surface area contributed by atoms with E-state index in [0.717, 1.165) is 16.3 Å². The van der Waals surface area contributed by atoms with E-state index >= 15 is 0 Å². The average Bonchev–Trinajstić information content (AvgIpc) is 3.24. The van der Waals surface area contributed by atoms with Gasteiger partial charge in [-0.3, -0.25) is 14.9 Å². The maximum absolute atomic E-state index is 12.8. The number of thiazole rings is 1. The zero-order chi connectivity index (χ0) is 19.5. The van der Waals surface area contributed by atoms with Crippen LogP contribution in [0.1, 0.15) is 10.5 Å². The van der Waals surface area contributed by atoms with E-state index in [1.165, 1.54) is 23.5 Å². The zero-order valence-corrected chi connectivity index (χ0v) is 15.8. The molecule has 3 aromatic rings. The van der Waals surface area contributed by atoms with Gasteiger partial charge in [-0.05, 0) is 12.1 Å². The lowest BCUT2D eigenvalue weighted by Gasteiger charge is -2.35. The Bertz CT molecular complexity index is 980. The summed E-state index contributed by atoms with van der Waals surface area (Å²) in [7, 11) is 0. The average molecular weight is 394 g/mol. The number of piperazine rings is 1. The minimum atomic E-state index is -0.405. The topological polar surface area (TPSA) is 79.6 Å². The third-order valence-electron chi connectivity index (χ3n) is 4.74. The first-order valence-corrected chi connectivity index (χ1v) is 9.79. The van der Waals surface area contributed by atoms with E-state index in [9.17, 15) is 14.9 Å². The highest BCUT2D eigenvalue weighted by Gasteiger charge is 2.24. The number of carbonyl (C=O) groups is 1. The summed E-state index contributed by atoms with van der Waals surface area (Å²) in [4.78, 5) is 31.6. The van der Waals surface area contributed by atoms with Gasteiger partial charge in [0.2, 0.25) is 0 Å². The lowest BCUT2D eigenvalue weighted by atomic mass is 10.2. The van der Waals surface area contributed by atoms with Crippen molar-refractivity contribution in [3.05, 3.63) is 75.8 Å². The number of anilines is 1. The summed E-state index contributed by atoms with van der Waals surface area (Å²) in [6, 6.07) is 16.3. The Morgan fingerprint density at radius 3 is 2.32 bits per heavy atom. The van der Waals surface area contributed by atoms with Gasteiger partial charge in [-0.2, -0.15) is 0 Å². The third-order valence-corrected chi connectivity index (χ3v) is 5.63. The minimum Gasteiger partial charge on any atom is -0.368 e. The van der Waals surface area contributed by atoms with Gasteiger partial charge < -0.3 is 9.80 Å². The highest BCUT2D eigenvalue weighted by Crippen LogP contribution is 2.25. The van der Waals surface area contributed by atoms with Gasteiger partial charge in [0.15, 0.2) is 0 Å². The quantitative estimate of drug-likeness (QED) is 0.498. The molecule has 7 nitrogen and oxygen atoms in total. The number of nitrogens with zero attached hydrogens (tertiary/aromatic N) is 4. The fourth-order valence-corrected chi connectivity index (χ4v) is 4.00. The first-order chi connectivity index (χ1) is 13.6. The number of hydrogen-bond donors (Lipinski definition) is 0. The van der Waals surface area contributed by atoms with Crippen LogP contribution in [0.3, 0.4) is 0 Å². The van der Waals surface area contributed by atoms with E-state index in [1.807, 2.05) is 40.6 Å². The number of rotatable bonds is 4. The number of carbonyl (C=O) groups excluding carboxylic acids is 1. The van der Waals surface area contributed by atoms with Crippen LogP contribution in [0.25, 0.3) is 10.6 Å². The summed E-state index contributed by atoms with van der Waals surface area (Å²) in [5.74, 6) is -0.0539. The molecule has 1 amide bonds. The van der Waals surface area contributed by atoms with Crippen LogP contribution in [0.2, 0.25) is 0 Å². The number of amides is 1. The van der Waals surface area contributed by atoms with Crippen LogP contribution in [-0.2, 0) is 0 Å². The first-order valence-electron chi connectivity index (χ1n) is 8.91. The molecule has 2 heterocycles. The molecular formula is C20H18N4O3S. The summed E-state index contributed by atoms with van der Waals surface area (Å²) >= 11 is 1.47. The number of nitro benzene ring substituents is 1. The number of nitro groups is 1. The van der Waals surface area contributed by atoms with Crippen LogP contribution in [0.15, 0.2) is 60.0 Å². The number of aromatic nitrogens is 1. The van der Waals surface area contributed by atoms with Crippen molar-refractivity contribution in [2.24, 2.45) is 0 Å². The van der Waals surface area contributed by atoms with Crippen LogP contribution < -0.4 is 4.90 Å². The van der Waals surface area contributed by atoms with Crippen LogP contribution in [-0.4, -0.2) is 46.9 Å². The lowest BCUT2D eigenvalue weighted by Crippen LogP contribution is -2.48. The number of benzene rings is 2. The molecule has 0 atom stereocenters. The Morgan fingerprint density at radius 2 is 1.68 bits per heavy atom. The van der Waals surface area contributed by atoms with Crippen molar-refractivity contribution in [2.45, 2.75) is 0 Å². The van der Waals surface area contributed by atoms with Gasteiger partial charge in [-0.1, -0.05) is 30.3 Å².